The van der Waals surface area contributed by atoms with Gasteiger partial charge < -0.3 is 19.5 Å². The third-order valence-corrected chi connectivity index (χ3v) is 7.36. The molecule has 1 aliphatic rings. The fourth-order valence-corrected chi connectivity index (χ4v) is 5.37. The molecule has 2 aromatic heterocycles. The Labute approximate surface area is 206 Å². The number of thiophene rings is 1. The Bertz CT molecular complexity index is 1060. The van der Waals surface area contributed by atoms with E-state index in [1.54, 1.807) is 29.4 Å². The molecule has 3 rings (SSSR count). The molecule has 0 radical (unpaired) electrons. The normalized spacial score (nSPS) is 15.7. The molecule has 1 saturated heterocycles. The van der Waals surface area contributed by atoms with Crippen LogP contribution in [0.2, 0.25) is 0 Å². The van der Waals surface area contributed by atoms with Gasteiger partial charge in [0.05, 0.1) is 12.6 Å². The van der Waals surface area contributed by atoms with Crippen molar-refractivity contribution in [2.45, 2.75) is 46.1 Å². The maximum atomic E-state index is 13.1. The van der Waals surface area contributed by atoms with E-state index in [-0.39, 0.29) is 29.3 Å². The number of nitrogens with zero attached hydrogens (tertiary/aromatic N) is 3. The lowest BCUT2D eigenvalue weighted by Gasteiger charge is -2.31. The first-order valence-electron chi connectivity index (χ1n) is 11.7. The van der Waals surface area contributed by atoms with Gasteiger partial charge in [-0.05, 0) is 69.2 Å². The number of carbonyl (C=O) groups is 2. The molecule has 182 valence electrons. The maximum absolute atomic E-state index is 13.1. The smallest absolute Gasteiger partial charge is 0.264 e. The zero-order chi connectivity index (χ0) is 24.7. The molecule has 1 fully saturated rings. The number of hydrogen-bond acceptors (Lipinski definition) is 5. The summed E-state index contributed by atoms with van der Waals surface area (Å²) in [7, 11) is 1.68. The number of amides is 2. The molecule has 0 saturated carbocycles. The van der Waals surface area contributed by atoms with Crippen LogP contribution in [0.5, 0.6) is 0 Å². The average molecular weight is 483 g/mol. The van der Waals surface area contributed by atoms with Crippen molar-refractivity contribution in [3.63, 3.8) is 0 Å². The molecule has 8 heteroatoms. The second-order valence-electron chi connectivity index (χ2n) is 8.86. The van der Waals surface area contributed by atoms with Crippen LogP contribution in [-0.4, -0.2) is 54.6 Å². The van der Waals surface area contributed by atoms with E-state index in [0.717, 1.165) is 23.4 Å². The predicted molar refractivity (Wildman–Crippen MR) is 134 cm³/mol. The van der Waals surface area contributed by atoms with Gasteiger partial charge in [-0.3, -0.25) is 9.59 Å². The molecule has 3 heterocycles. The molecule has 34 heavy (non-hydrogen) atoms. The van der Waals surface area contributed by atoms with Crippen LogP contribution >= 0.6 is 11.3 Å². The van der Waals surface area contributed by atoms with E-state index in [2.05, 4.69) is 28.9 Å². The fourth-order valence-electron chi connectivity index (χ4n) is 4.66. The maximum Gasteiger partial charge on any atom is 0.264 e. The second-order valence-corrected chi connectivity index (χ2v) is 9.89. The first kappa shape index (κ1) is 25.7. The topological polar surface area (TPSA) is 87.4 Å². The summed E-state index contributed by atoms with van der Waals surface area (Å²) in [6, 6.07) is 8.33. The van der Waals surface area contributed by atoms with Crippen LogP contribution in [-0.2, 0) is 20.7 Å². The van der Waals surface area contributed by atoms with Crippen LogP contribution in [0.1, 0.15) is 47.6 Å². The predicted octanol–water partition coefficient (Wildman–Crippen LogP) is 3.88. The number of carbonyl (C=O) groups excluding carboxylic acids is 2. The highest BCUT2D eigenvalue weighted by Gasteiger charge is 2.29. The second kappa shape index (κ2) is 12.0. The van der Waals surface area contributed by atoms with Gasteiger partial charge in [0.1, 0.15) is 11.6 Å². The third kappa shape index (κ3) is 6.16. The van der Waals surface area contributed by atoms with E-state index in [1.807, 2.05) is 31.4 Å². The molecule has 0 bridgehead atoms. The Morgan fingerprint density at radius 3 is 2.71 bits per heavy atom. The van der Waals surface area contributed by atoms with Gasteiger partial charge in [0, 0.05) is 48.9 Å². The third-order valence-electron chi connectivity index (χ3n) is 6.43. The van der Waals surface area contributed by atoms with Crippen molar-refractivity contribution in [2.75, 3.05) is 33.4 Å². The zero-order valence-corrected chi connectivity index (χ0v) is 21.3. The van der Waals surface area contributed by atoms with E-state index < -0.39 is 0 Å². The van der Waals surface area contributed by atoms with Crippen LogP contribution in [0.3, 0.4) is 0 Å². The lowest BCUT2D eigenvalue weighted by atomic mass is 9.95. The number of aryl methyl sites for hydroxylation is 1. The Morgan fingerprint density at radius 2 is 2.09 bits per heavy atom. The first-order chi connectivity index (χ1) is 16.3. The van der Waals surface area contributed by atoms with Crippen LogP contribution in [0.15, 0.2) is 29.2 Å². The molecule has 7 nitrogen and oxygen atoms in total. The SMILES string of the molecule is COCC(C)n1c(C)cc(/C=C(/C#N)C(=O)N2CCC(C(=O)NCCc3cccs3)CC2)c1C. The summed E-state index contributed by atoms with van der Waals surface area (Å²) in [5.41, 5.74) is 3.05. The number of rotatable bonds is 9. The van der Waals surface area contributed by atoms with Gasteiger partial charge in [-0.2, -0.15) is 5.26 Å². The van der Waals surface area contributed by atoms with Crippen LogP contribution in [0, 0.1) is 31.1 Å². The monoisotopic (exact) mass is 482 g/mol. The zero-order valence-electron chi connectivity index (χ0n) is 20.5. The van der Waals surface area contributed by atoms with Gasteiger partial charge in [-0.25, -0.2) is 0 Å². The summed E-state index contributed by atoms with van der Waals surface area (Å²) in [6.45, 7) is 8.25. The van der Waals surface area contributed by atoms with Crippen LogP contribution in [0.4, 0.5) is 0 Å². The van der Waals surface area contributed by atoms with Gasteiger partial charge in [-0.1, -0.05) is 6.07 Å². The largest absolute Gasteiger partial charge is 0.383 e. The van der Waals surface area contributed by atoms with Crippen LogP contribution in [0.25, 0.3) is 6.08 Å². The lowest BCUT2D eigenvalue weighted by Crippen LogP contribution is -2.43. The van der Waals surface area contributed by atoms with Crippen molar-refractivity contribution in [1.29, 1.82) is 5.26 Å². The van der Waals surface area contributed by atoms with Gasteiger partial charge in [0.15, 0.2) is 0 Å². The molecule has 2 amide bonds. The highest BCUT2D eigenvalue weighted by Crippen LogP contribution is 2.24. The summed E-state index contributed by atoms with van der Waals surface area (Å²) in [4.78, 5) is 28.5. The number of ether oxygens (including phenoxy) is 1. The van der Waals surface area contributed by atoms with Gasteiger partial charge in [-0.15, -0.1) is 11.3 Å². The minimum Gasteiger partial charge on any atom is -0.383 e. The van der Waals surface area contributed by atoms with E-state index in [0.29, 0.717) is 39.1 Å². The Hall–Kier alpha value is -2.89. The van der Waals surface area contributed by atoms with Crippen molar-refractivity contribution in [1.82, 2.24) is 14.8 Å². The Morgan fingerprint density at radius 1 is 1.35 bits per heavy atom. The molecule has 0 aliphatic carbocycles. The highest BCUT2D eigenvalue weighted by atomic mass is 32.1. The Kier molecular flexibility index (Phi) is 9.08. The summed E-state index contributed by atoms with van der Waals surface area (Å²) in [5.74, 6) is -0.311. The molecular formula is C26H34N4O3S. The van der Waals surface area contributed by atoms with E-state index >= 15 is 0 Å². The van der Waals surface area contributed by atoms with E-state index in [4.69, 9.17) is 4.74 Å². The van der Waals surface area contributed by atoms with E-state index in [9.17, 15) is 14.9 Å². The number of hydrogen-bond donors (Lipinski definition) is 1. The van der Waals surface area contributed by atoms with Crippen molar-refractivity contribution in [3.8, 4) is 6.07 Å². The number of methoxy groups -OCH3 is 1. The molecule has 0 aromatic carbocycles. The fraction of sp³-hybridized carbons (Fsp3) is 0.500. The van der Waals surface area contributed by atoms with Crippen molar-refractivity contribution in [3.05, 3.63) is 51.0 Å². The summed E-state index contributed by atoms with van der Waals surface area (Å²) < 4.78 is 7.45. The number of nitriles is 1. The summed E-state index contributed by atoms with van der Waals surface area (Å²) >= 11 is 1.69. The number of likely N-dealkylation sites (tertiary alicyclic amines) is 1. The summed E-state index contributed by atoms with van der Waals surface area (Å²) in [5, 5.41) is 14.8. The first-order valence-corrected chi connectivity index (χ1v) is 12.6. The van der Waals surface area contributed by atoms with Crippen molar-refractivity contribution in [2.24, 2.45) is 5.92 Å². The Balaban J connectivity index is 1.58. The standard InChI is InChI=1S/C26H34N4O3S/c1-18-14-22(20(3)30(18)19(2)17-33-4)15-23(16-27)26(32)29-11-8-21(9-12-29)25(31)28-10-7-24-6-5-13-34-24/h5-6,13-15,19,21H,7-12,17H2,1-4H3,(H,28,31)/b23-15-. The van der Waals surface area contributed by atoms with E-state index in [1.165, 1.54) is 4.88 Å². The minimum absolute atomic E-state index is 0.0531. The molecular weight excluding hydrogens is 448 g/mol. The number of piperidine rings is 1. The molecule has 2 aromatic rings. The lowest BCUT2D eigenvalue weighted by molar-refractivity contribution is -0.132. The quantitative estimate of drug-likeness (QED) is 0.434. The summed E-state index contributed by atoms with van der Waals surface area (Å²) in [6.07, 6.45) is 3.74. The highest BCUT2D eigenvalue weighted by molar-refractivity contribution is 7.09. The number of nitrogens with one attached hydrogen (secondary N) is 1. The van der Waals surface area contributed by atoms with Gasteiger partial charge in [0.25, 0.3) is 5.91 Å². The van der Waals surface area contributed by atoms with Gasteiger partial charge >= 0.3 is 0 Å². The molecule has 1 N–H and O–H groups in total. The molecule has 0 spiro atoms. The van der Waals surface area contributed by atoms with Crippen molar-refractivity contribution < 1.29 is 14.3 Å². The molecule has 1 unspecified atom stereocenters. The van der Waals surface area contributed by atoms with Gasteiger partial charge in [0.2, 0.25) is 5.91 Å². The number of aromatic nitrogens is 1. The average Bonchev–Trinajstić information content (AvgIpc) is 3.44. The molecule has 1 atom stereocenters. The minimum atomic E-state index is -0.270. The van der Waals surface area contributed by atoms with Crippen LogP contribution < -0.4 is 5.32 Å². The molecule has 1 aliphatic heterocycles. The van der Waals surface area contributed by atoms with Crippen molar-refractivity contribution >= 4 is 29.2 Å².